The summed E-state index contributed by atoms with van der Waals surface area (Å²) in [5.41, 5.74) is 1.41. The van der Waals surface area contributed by atoms with Gasteiger partial charge in [-0.05, 0) is 74.2 Å². The molecule has 0 bridgehead atoms. The summed E-state index contributed by atoms with van der Waals surface area (Å²) in [6, 6.07) is 0. The van der Waals surface area contributed by atoms with Gasteiger partial charge in [0, 0.05) is 24.9 Å². The van der Waals surface area contributed by atoms with E-state index in [1.807, 2.05) is 6.08 Å². The molecule has 0 aromatic carbocycles. The molecular formula is C22H32O4. The molecule has 0 amide bonds. The number of aliphatic hydroxyl groups is 1. The van der Waals surface area contributed by atoms with Gasteiger partial charge in [-0.25, -0.2) is 0 Å². The van der Waals surface area contributed by atoms with Gasteiger partial charge in [0.05, 0.1) is 6.61 Å². The summed E-state index contributed by atoms with van der Waals surface area (Å²) < 4.78 is 5.70. The van der Waals surface area contributed by atoms with Crippen LogP contribution in [-0.2, 0) is 14.3 Å². The van der Waals surface area contributed by atoms with E-state index >= 15 is 0 Å². The smallest absolute Gasteiger partial charge is 0.161 e. The van der Waals surface area contributed by atoms with E-state index in [1.165, 1.54) is 5.57 Å². The lowest BCUT2D eigenvalue weighted by Crippen LogP contribution is -2.53. The molecule has 4 aliphatic carbocycles. The highest BCUT2D eigenvalue weighted by Crippen LogP contribution is 2.66. The first kappa shape index (κ1) is 18.4. The van der Waals surface area contributed by atoms with Gasteiger partial charge >= 0.3 is 0 Å². The molecule has 3 saturated carbocycles. The van der Waals surface area contributed by atoms with Crippen molar-refractivity contribution in [2.45, 2.75) is 58.3 Å². The van der Waals surface area contributed by atoms with Gasteiger partial charge in [0.25, 0.3) is 0 Å². The van der Waals surface area contributed by atoms with E-state index in [1.54, 1.807) is 7.11 Å². The van der Waals surface area contributed by atoms with E-state index in [-0.39, 0.29) is 34.9 Å². The van der Waals surface area contributed by atoms with Gasteiger partial charge in [-0.3, -0.25) is 9.59 Å². The van der Waals surface area contributed by atoms with Crippen molar-refractivity contribution in [2.75, 3.05) is 20.3 Å². The summed E-state index contributed by atoms with van der Waals surface area (Å²) >= 11 is 0. The summed E-state index contributed by atoms with van der Waals surface area (Å²) in [5, 5.41) is 9.42. The zero-order valence-corrected chi connectivity index (χ0v) is 16.1. The van der Waals surface area contributed by atoms with E-state index in [4.69, 9.17) is 4.74 Å². The van der Waals surface area contributed by atoms with Crippen LogP contribution in [0, 0.1) is 34.5 Å². The van der Waals surface area contributed by atoms with Gasteiger partial charge in [-0.2, -0.15) is 0 Å². The van der Waals surface area contributed by atoms with Crippen molar-refractivity contribution in [3.8, 4) is 0 Å². The maximum Gasteiger partial charge on any atom is 0.161 e. The lowest BCUT2D eigenvalue weighted by atomic mass is 9.46. The lowest BCUT2D eigenvalue weighted by molar-refractivity contribution is -0.134. The van der Waals surface area contributed by atoms with Crippen LogP contribution in [0.3, 0.4) is 0 Å². The standard InChI is InChI=1S/C22H32O4/c1-21-9-8-18-16(17(21)5-6-19(21)20(25)12-23)4-3-14-11-15(24)7-10-22(14,18)13-26-2/h11,16-19,23H,3-10,12-13H2,1-2H3/t16-,17-,18-,19+,21-,22?/m0/s1. The zero-order chi connectivity index (χ0) is 18.5. The van der Waals surface area contributed by atoms with Gasteiger partial charge in [0.1, 0.15) is 6.61 Å². The average Bonchev–Trinajstić information content (AvgIpc) is 2.99. The normalized spacial score (nSPS) is 44.7. The zero-order valence-electron chi connectivity index (χ0n) is 16.1. The van der Waals surface area contributed by atoms with E-state index in [0.29, 0.717) is 24.2 Å². The molecule has 0 aromatic rings. The van der Waals surface area contributed by atoms with Crippen molar-refractivity contribution >= 4 is 11.6 Å². The maximum absolute atomic E-state index is 12.3. The fraction of sp³-hybridized carbons (Fsp3) is 0.818. The Kier molecular flexibility index (Phi) is 4.63. The number of Topliss-reactive ketones (excluding diaryl/α,β-unsaturated/α-hetero) is 1. The fourth-order valence-corrected chi connectivity index (χ4v) is 7.53. The SMILES string of the molecule is COCC12CCC(=O)C=C1CC[C@@H]1[C@@H]2CC[C@]2(C)[C@@H](C(=O)CO)CC[C@@H]12. The molecule has 0 spiro atoms. The quantitative estimate of drug-likeness (QED) is 0.835. The summed E-state index contributed by atoms with van der Waals surface area (Å²) in [4.78, 5) is 24.4. The first-order valence-electron chi connectivity index (χ1n) is 10.3. The third-order valence-electron chi connectivity index (χ3n) is 8.63. The summed E-state index contributed by atoms with van der Waals surface area (Å²) in [6.45, 7) is 2.71. The summed E-state index contributed by atoms with van der Waals surface area (Å²) in [7, 11) is 1.78. The minimum Gasteiger partial charge on any atom is -0.389 e. The number of carbonyl (C=O) groups excluding carboxylic acids is 2. The molecule has 4 aliphatic rings. The molecule has 1 N–H and O–H groups in total. The Bertz CT molecular complexity index is 638. The molecule has 4 nitrogen and oxygen atoms in total. The number of fused-ring (bicyclic) bond motifs is 5. The number of hydrogen-bond acceptors (Lipinski definition) is 4. The fourth-order valence-electron chi connectivity index (χ4n) is 7.53. The highest BCUT2D eigenvalue weighted by molar-refractivity contribution is 5.91. The Balaban J connectivity index is 1.67. The molecule has 6 atom stereocenters. The Hall–Kier alpha value is -1.00. The molecule has 0 saturated heterocycles. The Morgan fingerprint density at radius 2 is 2.00 bits per heavy atom. The minimum atomic E-state index is -0.316. The van der Waals surface area contributed by atoms with Crippen LogP contribution in [0.25, 0.3) is 0 Å². The Morgan fingerprint density at radius 3 is 2.73 bits per heavy atom. The second-order valence-electron chi connectivity index (χ2n) is 9.44. The number of ketones is 2. The molecule has 0 aliphatic heterocycles. The lowest BCUT2D eigenvalue weighted by Gasteiger charge is -2.58. The minimum absolute atomic E-state index is 0.0293. The van der Waals surface area contributed by atoms with E-state index in [2.05, 4.69) is 6.92 Å². The summed E-state index contributed by atoms with van der Waals surface area (Å²) in [6.07, 6.45) is 9.84. The van der Waals surface area contributed by atoms with Crippen LogP contribution in [-0.4, -0.2) is 37.0 Å². The third-order valence-corrected chi connectivity index (χ3v) is 8.63. The van der Waals surface area contributed by atoms with Crippen molar-refractivity contribution < 1.29 is 19.4 Å². The van der Waals surface area contributed by atoms with Crippen LogP contribution in [0.4, 0.5) is 0 Å². The molecule has 0 aromatic heterocycles. The van der Waals surface area contributed by atoms with Gasteiger partial charge < -0.3 is 9.84 Å². The van der Waals surface area contributed by atoms with Crippen molar-refractivity contribution in [3.05, 3.63) is 11.6 Å². The molecule has 0 heterocycles. The van der Waals surface area contributed by atoms with Crippen molar-refractivity contribution in [3.63, 3.8) is 0 Å². The average molecular weight is 360 g/mol. The second kappa shape index (κ2) is 6.56. The Labute approximate surface area is 156 Å². The number of carbonyl (C=O) groups is 2. The van der Waals surface area contributed by atoms with Crippen LogP contribution < -0.4 is 0 Å². The van der Waals surface area contributed by atoms with Gasteiger partial charge in [-0.15, -0.1) is 0 Å². The number of rotatable bonds is 4. The number of methoxy groups -OCH3 is 1. The molecular weight excluding hydrogens is 328 g/mol. The molecule has 4 heteroatoms. The van der Waals surface area contributed by atoms with Crippen molar-refractivity contribution in [1.82, 2.24) is 0 Å². The van der Waals surface area contributed by atoms with Crippen LogP contribution in [0.15, 0.2) is 11.6 Å². The van der Waals surface area contributed by atoms with Gasteiger partial charge in [0.2, 0.25) is 0 Å². The largest absolute Gasteiger partial charge is 0.389 e. The predicted molar refractivity (Wildman–Crippen MR) is 98.5 cm³/mol. The predicted octanol–water partition coefficient (Wildman–Crippen LogP) is 3.32. The van der Waals surface area contributed by atoms with Crippen molar-refractivity contribution in [2.24, 2.45) is 34.5 Å². The van der Waals surface area contributed by atoms with Gasteiger partial charge in [0.15, 0.2) is 11.6 Å². The second-order valence-corrected chi connectivity index (χ2v) is 9.44. The van der Waals surface area contributed by atoms with Crippen LogP contribution in [0.1, 0.15) is 58.3 Å². The van der Waals surface area contributed by atoms with Crippen molar-refractivity contribution in [1.29, 1.82) is 0 Å². The van der Waals surface area contributed by atoms with Crippen LogP contribution >= 0.6 is 0 Å². The molecule has 0 radical (unpaired) electrons. The van der Waals surface area contributed by atoms with E-state index < -0.39 is 0 Å². The first-order valence-corrected chi connectivity index (χ1v) is 10.3. The number of aliphatic hydroxyl groups excluding tert-OH is 1. The Morgan fingerprint density at radius 1 is 1.19 bits per heavy atom. The number of ether oxygens (including phenoxy) is 1. The molecule has 26 heavy (non-hydrogen) atoms. The first-order chi connectivity index (χ1) is 12.5. The monoisotopic (exact) mass is 360 g/mol. The molecule has 144 valence electrons. The van der Waals surface area contributed by atoms with Crippen LogP contribution in [0.2, 0.25) is 0 Å². The van der Waals surface area contributed by atoms with Crippen LogP contribution in [0.5, 0.6) is 0 Å². The summed E-state index contributed by atoms with van der Waals surface area (Å²) in [5.74, 6) is 2.10. The number of hydrogen-bond donors (Lipinski definition) is 1. The maximum atomic E-state index is 12.3. The highest BCUT2D eigenvalue weighted by atomic mass is 16.5. The van der Waals surface area contributed by atoms with E-state index in [9.17, 15) is 14.7 Å². The molecule has 4 rings (SSSR count). The third kappa shape index (κ3) is 2.48. The van der Waals surface area contributed by atoms with Gasteiger partial charge in [-0.1, -0.05) is 12.5 Å². The van der Waals surface area contributed by atoms with E-state index in [0.717, 1.165) is 51.6 Å². The highest BCUT2D eigenvalue weighted by Gasteiger charge is 2.61. The topological polar surface area (TPSA) is 63.6 Å². The molecule has 3 fully saturated rings. The molecule has 1 unspecified atom stereocenters.